The molecule has 52 heavy (non-hydrogen) atoms. The highest BCUT2D eigenvalue weighted by Crippen LogP contribution is 2.43. The molecule has 0 aliphatic rings. The summed E-state index contributed by atoms with van der Waals surface area (Å²) in [4.78, 5) is 15.0. The lowest BCUT2D eigenvalue weighted by Crippen LogP contribution is -2.00. The van der Waals surface area contributed by atoms with Gasteiger partial charge in [0.2, 0.25) is 0 Å². The molecular formula is C47H28N4O. The number of furan rings is 1. The van der Waals surface area contributed by atoms with Gasteiger partial charge in [0, 0.05) is 33.0 Å². The summed E-state index contributed by atoms with van der Waals surface area (Å²) in [5.74, 6) is 1.80. The van der Waals surface area contributed by atoms with Crippen LogP contribution in [-0.4, -0.2) is 19.5 Å². The average molecular weight is 665 g/mol. The highest BCUT2D eigenvalue weighted by atomic mass is 16.3. The minimum atomic E-state index is 0.569. The molecule has 0 bridgehead atoms. The predicted octanol–water partition coefficient (Wildman–Crippen LogP) is 12.2. The summed E-state index contributed by atoms with van der Waals surface area (Å²) in [7, 11) is 0. The molecular weight excluding hydrogens is 637 g/mol. The first-order valence-electron chi connectivity index (χ1n) is 17.5. The van der Waals surface area contributed by atoms with Crippen molar-refractivity contribution in [3.8, 4) is 39.9 Å². The Bertz CT molecular complexity index is 3120. The molecule has 0 fully saturated rings. The van der Waals surface area contributed by atoms with Crippen molar-refractivity contribution in [2.75, 3.05) is 0 Å². The molecule has 3 aromatic heterocycles. The molecule has 0 unspecified atom stereocenters. The van der Waals surface area contributed by atoms with Gasteiger partial charge in [0.1, 0.15) is 11.2 Å². The highest BCUT2D eigenvalue weighted by Gasteiger charge is 2.22. The lowest BCUT2D eigenvalue weighted by atomic mass is 10.0. The summed E-state index contributed by atoms with van der Waals surface area (Å²) in [6.45, 7) is 0. The molecule has 0 saturated carbocycles. The standard InChI is InChI=1S/C47H28N4O/c1-3-13-30(14-4-1)45-48-46(31-15-5-2-6-16-31)50-47(49-45)39-20-11-19-36-37-26-27-41-42(44(37)52-43(36)39)38-18-9-10-21-40(38)51(41)33-24-25-35-32(28-33)23-22-29-12-7-8-17-34(29)35/h1-28H. The van der Waals surface area contributed by atoms with E-state index in [0.29, 0.717) is 17.5 Å². The van der Waals surface area contributed by atoms with E-state index >= 15 is 0 Å². The van der Waals surface area contributed by atoms with Crippen molar-refractivity contribution in [1.82, 2.24) is 19.5 Å². The lowest BCUT2D eigenvalue weighted by molar-refractivity contribution is 0.673. The van der Waals surface area contributed by atoms with Crippen LogP contribution in [0.1, 0.15) is 0 Å². The second-order valence-corrected chi connectivity index (χ2v) is 13.2. The smallest absolute Gasteiger partial charge is 0.167 e. The third kappa shape index (κ3) is 4.33. The van der Waals surface area contributed by atoms with Crippen LogP contribution in [0.5, 0.6) is 0 Å². The van der Waals surface area contributed by atoms with Crippen LogP contribution in [0.2, 0.25) is 0 Å². The fourth-order valence-corrected chi connectivity index (χ4v) is 7.83. The van der Waals surface area contributed by atoms with Gasteiger partial charge in [0.15, 0.2) is 17.5 Å². The highest BCUT2D eigenvalue weighted by molar-refractivity contribution is 6.24. The molecule has 0 N–H and O–H groups in total. The van der Waals surface area contributed by atoms with E-state index in [-0.39, 0.29) is 0 Å². The van der Waals surface area contributed by atoms with Crippen molar-refractivity contribution in [1.29, 1.82) is 0 Å². The Labute approximate surface area is 298 Å². The first-order chi connectivity index (χ1) is 25.8. The van der Waals surface area contributed by atoms with E-state index < -0.39 is 0 Å². The quantitative estimate of drug-likeness (QED) is 0.176. The molecule has 0 spiro atoms. The zero-order valence-corrected chi connectivity index (χ0v) is 27.9. The summed E-state index contributed by atoms with van der Waals surface area (Å²) >= 11 is 0. The maximum Gasteiger partial charge on any atom is 0.167 e. The topological polar surface area (TPSA) is 56.7 Å². The number of rotatable bonds is 4. The monoisotopic (exact) mass is 664 g/mol. The molecule has 242 valence electrons. The molecule has 5 nitrogen and oxygen atoms in total. The average Bonchev–Trinajstić information content (AvgIpc) is 3.77. The van der Waals surface area contributed by atoms with Gasteiger partial charge in [-0.1, -0.05) is 133 Å². The SMILES string of the molecule is c1ccc(-c2nc(-c3ccccc3)nc(-c3cccc4c3oc3c4ccc4c3c3ccccc3n4-c3ccc4c(ccc5ccccc54)c3)n2)cc1. The van der Waals surface area contributed by atoms with Gasteiger partial charge in [-0.2, -0.15) is 0 Å². The van der Waals surface area contributed by atoms with Crippen LogP contribution >= 0.6 is 0 Å². The summed E-state index contributed by atoms with van der Waals surface area (Å²) in [5, 5.41) is 9.26. The Hall–Kier alpha value is -7.11. The summed E-state index contributed by atoms with van der Waals surface area (Å²) < 4.78 is 9.36. The predicted molar refractivity (Wildman–Crippen MR) is 213 cm³/mol. The molecule has 0 radical (unpaired) electrons. The normalized spacial score (nSPS) is 11.8. The molecule has 0 amide bonds. The van der Waals surface area contributed by atoms with Crippen LogP contribution in [0.25, 0.3) is 105 Å². The molecule has 0 aliphatic carbocycles. The zero-order valence-electron chi connectivity index (χ0n) is 27.9. The van der Waals surface area contributed by atoms with E-state index in [1.54, 1.807) is 0 Å². The van der Waals surface area contributed by atoms with E-state index in [1.165, 1.54) is 21.5 Å². The Morgan fingerprint density at radius 1 is 0.385 bits per heavy atom. The van der Waals surface area contributed by atoms with Crippen LogP contribution < -0.4 is 0 Å². The minimum Gasteiger partial charge on any atom is -0.455 e. The van der Waals surface area contributed by atoms with Gasteiger partial charge in [0.05, 0.1) is 22.0 Å². The van der Waals surface area contributed by atoms with Gasteiger partial charge in [0.25, 0.3) is 0 Å². The van der Waals surface area contributed by atoms with Crippen molar-refractivity contribution in [2.24, 2.45) is 0 Å². The van der Waals surface area contributed by atoms with Crippen LogP contribution in [-0.2, 0) is 0 Å². The molecule has 0 aliphatic heterocycles. The number of aromatic nitrogens is 4. The van der Waals surface area contributed by atoms with Crippen LogP contribution in [0.3, 0.4) is 0 Å². The van der Waals surface area contributed by atoms with Crippen molar-refractivity contribution in [3.63, 3.8) is 0 Å². The Morgan fingerprint density at radius 2 is 0.981 bits per heavy atom. The number of fused-ring (bicyclic) bond motifs is 10. The van der Waals surface area contributed by atoms with E-state index in [4.69, 9.17) is 19.4 Å². The maximum absolute atomic E-state index is 7.00. The van der Waals surface area contributed by atoms with Gasteiger partial charge in [-0.15, -0.1) is 0 Å². The number of benzene rings is 8. The van der Waals surface area contributed by atoms with E-state index in [9.17, 15) is 0 Å². The molecule has 5 heteroatoms. The van der Waals surface area contributed by atoms with Gasteiger partial charge in [-0.3, -0.25) is 0 Å². The molecule has 3 heterocycles. The number of hydrogen-bond donors (Lipinski definition) is 0. The van der Waals surface area contributed by atoms with Crippen molar-refractivity contribution in [3.05, 3.63) is 170 Å². The van der Waals surface area contributed by atoms with Crippen LogP contribution in [0.4, 0.5) is 0 Å². The van der Waals surface area contributed by atoms with Crippen molar-refractivity contribution in [2.45, 2.75) is 0 Å². The van der Waals surface area contributed by atoms with Gasteiger partial charge in [-0.05, 0) is 57.9 Å². The van der Waals surface area contributed by atoms with E-state index in [1.807, 2.05) is 66.7 Å². The molecule has 0 saturated heterocycles. The Balaban J connectivity index is 1.15. The van der Waals surface area contributed by atoms with Crippen LogP contribution in [0.15, 0.2) is 174 Å². The second-order valence-electron chi connectivity index (χ2n) is 13.2. The fourth-order valence-electron chi connectivity index (χ4n) is 7.83. The van der Waals surface area contributed by atoms with Crippen molar-refractivity contribution >= 4 is 65.3 Å². The summed E-state index contributed by atoms with van der Waals surface area (Å²) in [5.41, 5.74) is 7.61. The molecule has 0 atom stereocenters. The van der Waals surface area contributed by atoms with Gasteiger partial charge >= 0.3 is 0 Å². The van der Waals surface area contributed by atoms with E-state index in [2.05, 4.69) is 108 Å². The molecule has 11 rings (SSSR count). The largest absolute Gasteiger partial charge is 0.455 e. The third-order valence-corrected chi connectivity index (χ3v) is 10.2. The number of nitrogens with zero attached hydrogens (tertiary/aromatic N) is 4. The lowest BCUT2D eigenvalue weighted by Gasteiger charge is -2.10. The number of para-hydroxylation sites is 2. The third-order valence-electron chi connectivity index (χ3n) is 10.2. The minimum absolute atomic E-state index is 0.569. The Kier molecular flexibility index (Phi) is 6.18. The van der Waals surface area contributed by atoms with Gasteiger partial charge < -0.3 is 8.98 Å². The fraction of sp³-hybridized carbons (Fsp3) is 0. The van der Waals surface area contributed by atoms with Crippen molar-refractivity contribution < 1.29 is 4.42 Å². The van der Waals surface area contributed by atoms with Crippen LogP contribution in [0, 0.1) is 0 Å². The van der Waals surface area contributed by atoms with Gasteiger partial charge in [-0.25, -0.2) is 15.0 Å². The number of hydrogen-bond acceptors (Lipinski definition) is 4. The maximum atomic E-state index is 7.00. The summed E-state index contributed by atoms with van der Waals surface area (Å²) in [6.07, 6.45) is 0. The molecule has 8 aromatic carbocycles. The first-order valence-corrected chi connectivity index (χ1v) is 17.5. The summed E-state index contributed by atoms with van der Waals surface area (Å²) in [6, 6.07) is 59.2. The van der Waals surface area contributed by atoms with E-state index in [0.717, 1.165) is 66.1 Å². The zero-order chi connectivity index (χ0) is 34.2. The second kappa shape index (κ2) is 11.2. The Morgan fingerprint density at radius 3 is 1.77 bits per heavy atom. The first kappa shape index (κ1) is 28.7. The molecule has 11 aromatic rings.